The van der Waals surface area contributed by atoms with Crippen LogP contribution in [0.5, 0.6) is 11.5 Å². The third-order valence-electron chi connectivity index (χ3n) is 2.49. The molecule has 0 saturated heterocycles. The smallest absolute Gasteiger partial charge is 0.165 e. The van der Waals surface area contributed by atoms with Crippen LogP contribution in [0.4, 0.5) is 0 Å². The number of halogens is 1. The second-order valence-corrected chi connectivity index (χ2v) is 4.78. The lowest BCUT2D eigenvalue weighted by molar-refractivity contribution is 0.477. The Labute approximate surface area is 115 Å². The molecule has 4 nitrogen and oxygen atoms in total. The van der Waals surface area contributed by atoms with E-state index in [0.29, 0.717) is 0 Å². The van der Waals surface area contributed by atoms with Gasteiger partial charge in [-0.15, -0.1) is 0 Å². The molecule has 96 valence electrons. The first kappa shape index (κ1) is 13.1. The van der Waals surface area contributed by atoms with Crippen LogP contribution in [0.15, 0.2) is 41.1 Å². The zero-order valence-corrected chi connectivity index (χ0v) is 11.9. The lowest BCUT2D eigenvalue weighted by Gasteiger charge is -2.04. The van der Waals surface area contributed by atoms with Crippen LogP contribution in [0.1, 0.15) is 6.42 Å². The minimum absolute atomic E-state index is 0.756. The Balaban J connectivity index is 1.96. The molecule has 5 heteroatoms. The van der Waals surface area contributed by atoms with Crippen LogP contribution in [0.3, 0.4) is 0 Å². The van der Waals surface area contributed by atoms with E-state index >= 15 is 0 Å². The van der Waals surface area contributed by atoms with E-state index in [4.69, 9.17) is 4.74 Å². The molecule has 0 aliphatic carbocycles. The van der Waals surface area contributed by atoms with E-state index < -0.39 is 0 Å². The summed E-state index contributed by atoms with van der Waals surface area (Å²) < 4.78 is 8.58. The molecular formula is C13H16BrN3O. The maximum Gasteiger partial charge on any atom is 0.165 e. The van der Waals surface area contributed by atoms with E-state index in [1.165, 1.54) is 0 Å². The first-order valence-electron chi connectivity index (χ1n) is 5.89. The van der Waals surface area contributed by atoms with Crippen LogP contribution in [0.2, 0.25) is 0 Å². The average molecular weight is 310 g/mol. The maximum absolute atomic E-state index is 5.75. The van der Waals surface area contributed by atoms with Gasteiger partial charge in [0.1, 0.15) is 5.75 Å². The van der Waals surface area contributed by atoms with Crippen molar-refractivity contribution < 1.29 is 4.74 Å². The molecule has 0 aliphatic heterocycles. The molecule has 1 aromatic carbocycles. The summed E-state index contributed by atoms with van der Waals surface area (Å²) in [7, 11) is 1.95. The summed E-state index contributed by atoms with van der Waals surface area (Å²) in [6.07, 6.45) is 4.70. The van der Waals surface area contributed by atoms with Crippen molar-refractivity contribution in [3.63, 3.8) is 0 Å². The fourth-order valence-corrected chi connectivity index (χ4v) is 1.96. The van der Waals surface area contributed by atoms with E-state index in [1.807, 2.05) is 42.2 Å². The second kappa shape index (κ2) is 6.56. The fourth-order valence-electron chi connectivity index (χ4n) is 1.59. The van der Waals surface area contributed by atoms with Gasteiger partial charge in [0.05, 0.1) is 16.9 Å². The molecule has 1 aromatic heterocycles. The van der Waals surface area contributed by atoms with Gasteiger partial charge in [0.15, 0.2) is 5.75 Å². The summed E-state index contributed by atoms with van der Waals surface area (Å²) in [4.78, 5) is 0. The number of para-hydroxylation sites is 1. The SMILES string of the molecule is CNCCCn1cc(Oc2ccccc2Br)cn1. The number of hydrogen-bond acceptors (Lipinski definition) is 3. The third kappa shape index (κ3) is 3.58. The quantitative estimate of drug-likeness (QED) is 0.834. The standard InChI is InChI=1S/C13H16BrN3O/c1-15-7-4-8-17-10-11(9-16-17)18-13-6-3-2-5-12(13)14/h2-3,5-6,9-10,15H,4,7-8H2,1H3. The van der Waals surface area contributed by atoms with Crippen LogP contribution < -0.4 is 10.1 Å². The second-order valence-electron chi connectivity index (χ2n) is 3.93. The molecule has 0 unspecified atom stereocenters. The highest BCUT2D eigenvalue weighted by Gasteiger charge is 2.04. The summed E-state index contributed by atoms with van der Waals surface area (Å²) >= 11 is 3.45. The molecule has 18 heavy (non-hydrogen) atoms. The maximum atomic E-state index is 5.75. The van der Waals surface area contributed by atoms with Crippen molar-refractivity contribution in [2.45, 2.75) is 13.0 Å². The first-order chi connectivity index (χ1) is 8.79. The molecule has 0 amide bonds. The molecule has 0 radical (unpaired) electrons. The Kier molecular flexibility index (Phi) is 4.78. The number of ether oxygens (including phenoxy) is 1. The predicted molar refractivity (Wildman–Crippen MR) is 75.0 cm³/mol. The van der Waals surface area contributed by atoms with Gasteiger partial charge in [-0.25, -0.2) is 0 Å². The molecule has 0 atom stereocenters. The monoisotopic (exact) mass is 309 g/mol. The molecule has 0 fully saturated rings. The summed E-state index contributed by atoms with van der Waals surface area (Å²) in [5, 5.41) is 7.38. The van der Waals surface area contributed by atoms with Gasteiger partial charge in [-0.05, 0) is 48.1 Å². The van der Waals surface area contributed by atoms with Gasteiger partial charge in [0.2, 0.25) is 0 Å². The molecule has 0 bridgehead atoms. The van der Waals surface area contributed by atoms with Gasteiger partial charge in [-0.3, -0.25) is 4.68 Å². The van der Waals surface area contributed by atoms with Crippen molar-refractivity contribution in [3.05, 3.63) is 41.1 Å². The number of aryl methyl sites for hydroxylation is 1. The molecule has 0 saturated carbocycles. The van der Waals surface area contributed by atoms with Gasteiger partial charge in [-0.1, -0.05) is 12.1 Å². The predicted octanol–water partition coefficient (Wildman–Crippen LogP) is 3.05. The van der Waals surface area contributed by atoms with Gasteiger partial charge >= 0.3 is 0 Å². The minimum atomic E-state index is 0.756. The molecule has 1 heterocycles. The topological polar surface area (TPSA) is 39.1 Å². The van der Waals surface area contributed by atoms with Crippen LogP contribution in [0.25, 0.3) is 0 Å². The number of aromatic nitrogens is 2. The molecule has 2 rings (SSSR count). The van der Waals surface area contributed by atoms with Crippen molar-refractivity contribution >= 4 is 15.9 Å². The van der Waals surface area contributed by atoms with Crippen LogP contribution in [0, 0.1) is 0 Å². The average Bonchev–Trinajstić information content (AvgIpc) is 2.80. The number of hydrogen-bond donors (Lipinski definition) is 1. The lowest BCUT2D eigenvalue weighted by Crippen LogP contribution is -2.11. The zero-order valence-electron chi connectivity index (χ0n) is 10.3. The van der Waals surface area contributed by atoms with E-state index in [-0.39, 0.29) is 0 Å². The molecule has 1 N–H and O–H groups in total. The van der Waals surface area contributed by atoms with Crippen molar-refractivity contribution in [1.29, 1.82) is 0 Å². The van der Waals surface area contributed by atoms with Gasteiger partial charge in [-0.2, -0.15) is 5.10 Å². The number of nitrogens with zero attached hydrogens (tertiary/aromatic N) is 2. The van der Waals surface area contributed by atoms with Crippen molar-refractivity contribution in [3.8, 4) is 11.5 Å². The summed E-state index contributed by atoms with van der Waals surface area (Å²) in [6, 6.07) is 7.77. The zero-order chi connectivity index (χ0) is 12.8. The molecule has 0 spiro atoms. The Morgan fingerprint density at radius 2 is 2.22 bits per heavy atom. The number of nitrogens with one attached hydrogen (secondary N) is 1. The van der Waals surface area contributed by atoms with E-state index in [1.54, 1.807) is 6.20 Å². The Hall–Kier alpha value is -1.33. The van der Waals surface area contributed by atoms with Crippen molar-refractivity contribution in [2.75, 3.05) is 13.6 Å². The van der Waals surface area contributed by atoms with Gasteiger partial charge in [0.25, 0.3) is 0 Å². The van der Waals surface area contributed by atoms with Crippen molar-refractivity contribution in [2.24, 2.45) is 0 Å². The van der Waals surface area contributed by atoms with Crippen LogP contribution >= 0.6 is 15.9 Å². The normalized spacial score (nSPS) is 10.6. The minimum Gasteiger partial charge on any atom is -0.453 e. The highest BCUT2D eigenvalue weighted by atomic mass is 79.9. The van der Waals surface area contributed by atoms with Gasteiger partial charge in [0, 0.05) is 6.54 Å². The highest BCUT2D eigenvalue weighted by Crippen LogP contribution is 2.28. The third-order valence-corrected chi connectivity index (χ3v) is 3.14. The Bertz CT molecular complexity index is 498. The molecule has 2 aromatic rings. The van der Waals surface area contributed by atoms with Gasteiger partial charge < -0.3 is 10.1 Å². The summed E-state index contributed by atoms with van der Waals surface area (Å²) in [6.45, 7) is 1.88. The van der Waals surface area contributed by atoms with Crippen LogP contribution in [-0.4, -0.2) is 23.4 Å². The highest BCUT2D eigenvalue weighted by molar-refractivity contribution is 9.10. The van der Waals surface area contributed by atoms with E-state index in [2.05, 4.69) is 26.3 Å². The van der Waals surface area contributed by atoms with Crippen LogP contribution in [-0.2, 0) is 6.54 Å². The number of benzene rings is 1. The van der Waals surface area contributed by atoms with E-state index in [0.717, 1.165) is 35.5 Å². The van der Waals surface area contributed by atoms with E-state index in [9.17, 15) is 0 Å². The fraction of sp³-hybridized carbons (Fsp3) is 0.308. The lowest BCUT2D eigenvalue weighted by atomic mass is 10.3. The van der Waals surface area contributed by atoms with Crippen molar-refractivity contribution in [1.82, 2.24) is 15.1 Å². The Morgan fingerprint density at radius 1 is 1.39 bits per heavy atom. The Morgan fingerprint density at radius 3 is 3.00 bits per heavy atom. The molecule has 0 aliphatic rings. The first-order valence-corrected chi connectivity index (χ1v) is 6.68. The summed E-state index contributed by atoms with van der Waals surface area (Å²) in [5.41, 5.74) is 0. The molecular weight excluding hydrogens is 294 g/mol. The number of rotatable bonds is 6. The largest absolute Gasteiger partial charge is 0.453 e. The summed E-state index contributed by atoms with van der Waals surface area (Å²) in [5.74, 6) is 1.55.